The summed E-state index contributed by atoms with van der Waals surface area (Å²) < 4.78 is 5.11. The van der Waals surface area contributed by atoms with E-state index in [0.717, 1.165) is 12.8 Å². The number of carbonyl (C=O) groups is 1. The van der Waals surface area contributed by atoms with E-state index in [2.05, 4.69) is 0 Å². The minimum Gasteiger partial charge on any atom is -0.461 e. The fourth-order valence-corrected chi connectivity index (χ4v) is 1.28. The number of esters is 1. The van der Waals surface area contributed by atoms with Crippen LogP contribution in [0.3, 0.4) is 0 Å². The van der Waals surface area contributed by atoms with Crippen LogP contribution in [0.1, 0.15) is 32.6 Å². The number of hydrogen-bond acceptors (Lipinski definition) is 3. The van der Waals surface area contributed by atoms with Gasteiger partial charge in [0.15, 0.2) is 0 Å². The Kier molecular flexibility index (Phi) is 5.25. The number of rotatable bonds is 2. The zero-order chi connectivity index (χ0) is 8.27. The number of halogens is 1. The molecule has 1 fully saturated rings. The van der Waals surface area contributed by atoms with Crippen molar-refractivity contribution in [3.8, 4) is 0 Å². The van der Waals surface area contributed by atoms with Gasteiger partial charge in [-0.25, -0.2) is 0 Å². The van der Waals surface area contributed by atoms with Crippen molar-refractivity contribution < 1.29 is 9.53 Å². The van der Waals surface area contributed by atoms with Gasteiger partial charge in [-0.05, 0) is 32.6 Å². The van der Waals surface area contributed by atoms with Crippen LogP contribution in [-0.4, -0.2) is 18.1 Å². The van der Waals surface area contributed by atoms with E-state index in [-0.39, 0.29) is 24.5 Å². The lowest BCUT2D eigenvalue weighted by Gasteiger charge is -2.12. The van der Waals surface area contributed by atoms with E-state index < -0.39 is 6.04 Å². The molecule has 2 N–H and O–H groups in total. The first-order chi connectivity index (χ1) is 5.20. The molecule has 1 rings (SSSR count). The number of nitrogens with two attached hydrogens (primary N) is 1. The summed E-state index contributed by atoms with van der Waals surface area (Å²) in [4.78, 5) is 11.0. The van der Waals surface area contributed by atoms with E-state index in [0.29, 0.717) is 0 Å². The Morgan fingerprint density at radius 1 is 1.50 bits per heavy atom. The van der Waals surface area contributed by atoms with E-state index in [1.165, 1.54) is 12.8 Å². The zero-order valence-corrected chi connectivity index (χ0v) is 8.10. The molecule has 0 amide bonds. The van der Waals surface area contributed by atoms with Crippen molar-refractivity contribution >= 4 is 18.4 Å². The normalized spacial score (nSPS) is 19.8. The molecule has 0 spiro atoms. The molecular formula is C8H16ClNO2. The fourth-order valence-electron chi connectivity index (χ4n) is 1.28. The van der Waals surface area contributed by atoms with Gasteiger partial charge < -0.3 is 10.5 Å². The Morgan fingerprint density at radius 2 is 2.00 bits per heavy atom. The maximum atomic E-state index is 11.0. The molecule has 1 atom stereocenters. The van der Waals surface area contributed by atoms with Crippen molar-refractivity contribution in [3.63, 3.8) is 0 Å². The van der Waals surface area contributed by atoms with Gasteiger partial charge in [-0.15, -0.1) is 12.4 Å². The van der Waals surface area contributed by atoms with Gasteiger partial charge in [0, 0.05) is 0 Å². The number of hydrogen-bond donors (Lipinski definition) is 1. The molecule has 0 heterocycles. The van der Waals surface area contributed by atoms with Crippen LogP contribution in [-0.2, 0) is 9.53 Å². The van der Waals surface area contributed by atoms with E-state index in [4.69, 9.17) is 10.5 Å². The van der Waals surface area contributed by atoms with E-state index in [1.807, 2.05) is 0 Å². The van der Waals surface area contributed by atoms with Gasteiger partial charge >= 0.3 is 5.97 Å². The first-order valence-electron chi connectivity index (χ1n) is 4.16. The molecular weight excluding hydrogens is 178 g/mol. The highest BCUT2D eigenvalue weighted by atomic mass is 35.5. The summed E-state index contributed by atoms with van der Waals surface area (Å²) in [6.45, 7) is 1.65. The van der Waals surface area contributed by atoms with Crippen LogP contribution >= 0.6 is 12.4 Å². The van der Waals surface area contributed by atoms with Gasteiger partial charge in [0.05, 0.1) is 0 Å². The topological polar surface area (TPSA) is 52.3 Å². The Morgan fingerprint density at radius 3 is 2.42 bits per heavy atom. The lowest BCUT2D eigenvalue weighted by Crippen LogP contribution is -2.31. The minimum absolute atomic E-state index is 0. The third kappa shape index (κ3) is 3.41. The van der Waals surface area contributed by atoms with Gasteiger partial charge in [-0.3, -0.25) is 4.79 Å². The SMILES string of the molecule is C[C@@H](N)C(=O)OC1CCCC1.Cl. The third-order valence-electron chi connectivity index (χ3n) is 1.96. The summed E-state index contributed by atoms with van der Waals surface area (Å²) in [5.41, 5.74) is 5.34. The monoisotopic (exact) mass is 193 g/mol. The lowest BCUT2D eigenvalue weighted by molar-refractivity contribution is -0.149. The predicted molar refractivity (Wildman–Crippen MR) is 49.2 cm³/mol. The van der Waals surface area contributed by atoms with E-state index in [1.54, 1.807) is 6.92 Å². The van der Waals surface area contributed by atoms with Gasteiger partial charge in [0.25, 0.3) is 0 Å². The molecule has 3 nitrogen and oxygen atoms in total. The van der Waals surface area contributed by atoms with Crippen molar-refractivity contribution in [2.75, 3.05) is 0 Å². The van der Waals surface area contributed by atoms with E-state index >= 15 is 0 Å². The van der Waals surface area contributed by atoms with Crippen LogP contribution in [0.5, 0.6) is 0 Å². The van der Waals surface area contributed by atoms with Crippen molar-refractivity contribution in [2.24, 2.45) is 5.73 Å². The first kappa shape index (κ1) is 11.7. The molecule has 0 saturated heterocycles. The van der Waals surface area contributed by atoms with Crippen molar-refractivity contribution in [3.05, 3.63) is 0 Å². The second-order valence-corrected chi connectivity index (χ2v) is 3.13. The average Bonchev–Trinajstić information content (AvgIpc) is 2.39. The summed E-state index contributed by atoms with van der Waals surface area (Å²) in [7, 11) is 0. The molecule has 72 valence electrons. The maximum Gasteiger partial charge on any atom is 0.322 e. The highest BCUT2D eigenvalue weighted by molar-refractivity contribution is 5.85. The molecule has 1 saturated carbocycles. The average molecular weight is 194 g/mol. The quantitative estimate of drug-likeness (QED) is 0.672. The smallest absolute Gasteiger partial charge is 0.322 e. The van der Waals surface area contributed by atoms with Crippen LogP contribution in [0, 0.1) is 0 Å². The van der Waals surface area contributed by atoms with Crippen molar-refractivity contribution in [2.45, 2.75) is 44.8 Å². The molecule has 0 bridgehead atoms. The van der Waals surface area contributed by atoms with Gasteiger partial charge in [-0.2, -0.15) is 0 Å². The summed E-state index contributed by atoms with van der Waals surface area (Å²) in [5, 5.41) is 0. The Labute approximate surface area is 79.1 Å². The highest BCUT2D eigenvalue weighted by Gasteiger charge is 2.20. The molecule has 0 aromatic heterocycles. The third-order valence-corrected chi connectivity index (χ3v) is 1.96. The maximum absolute atomic E-state index is 11.0. The molecule has 0 aliphatic heterocycles. The molecule has 1 aliphatic carbocycles. The molecule has 0 aromatic carbocycles. The van der Waals surface area contributed by atoms with Gasteiger partial charge in [0.1, 0.15) is 12.1 Å². The van der Waals surface area contributed by atoms with Crippen LogP contribution in [0.15, 0.2) is 0 Å². The Bertz CT molecular complexity index is 144. The largest absolute Gasteiger partial charge is 0.461 e. The van der Waals surface area contributed by atoms with Crippen LogP contribution in [0.2, 0.25) is 0 Å². The lowest BCUT2D eigenvalue weighted by atomic mass is 10.3. The van der Waals surface area contributed by atoms with Crippen LogP contribution in [0.25, 0.3) is 0 Å². The first-order valence-corrected chi connectivity index (χ1v) is 4.16. The number of ether oxygens (including phenoxy) is 1. The second kappa shape index (κ2) is 5.38. The highest BCUT2D eigenvalue weighted by Crippen LogP contribution is 2.20. The Balaban J connectivity index is 0.00000121. The van der Waals surface area contributed by atoms with Crippen molar-refractivity contribution in [1.29, 1.82) is 0 Å². The van der Waals surface area contributed by atoms with Crippen LogP contribution < -0.4 is 5.73 Å². The molecule has 0 unspecified atom stereocenters. The Hall–Kier alpha value is -0.280. The van der Waals surface area contributed by atoms with Gasteiger partial charge in [-0.1, -0.05) is 0 Å². The standard InChI is InChI=1S/C8H15NO2.ClH/c1-6(9)8(10)11-7-4-2-3-5-7;/h6-7H,2-5,9H2,1H3;1H/t6-;/m1./s1. The minimum atomic E-state index is -0.476. The summed E-state index contributed by atoms with van der Waals surface area (Å²) >= 11 is 0. The van der Waals surface area contributed by atoms with Crippen molar-refractivity contribution in [1.82, 2.24) is 0 Å². The number of carbonyl (C=O) groups excluding carboxylic acids is 1. The molecule has 1 aliphatic rings. The van der Waals surface area contributed by atoms with Crippen LogP contribution in [0.4, 0.5) is 0 Å². The van der Waals surface area contributed by atoms with E-state index in [9.17, 15) is 4.79 Å². The molecule has 0 aromatic rings. The molecule has 4 heteroatoms. The zero-order valence-electron chi connectivity index (χ0n) is 7.29. The van der Waals surface area contributed by atoms with Gasteiger partial charge in [0.2, 0.25) is 0 Å². The molecule has 12 heavy (non-hydrogen) atoms. The second-order valence-electron chi connectivity index (χ2n) is 3.13. The summed E-state index contributed by atoms with van der Waals surface area (Å²) in [5.74, 6) is -0.267. The summed E-state index contributed by atoms with van der Waals surface area (Å²) in [6.07, 6.45) is 4.53. The predicted octanol–water partition coefficient (Wildman–Crippen LogP) is 1.24. The summed E-state index contributed by atoms with van der Waals surface area (Å²) in [6, 6.07) is -0.476. The fraction of sp³-hybridized carbons (Fsp3) is 0.875. The molecule has 0 radical (unpaired) electrons.